The topological polar surface area (TPSA) is 88.6 Å². The first-order chi connectivity index (χ1) is 15.6. The molecule has 0 atom stereocenters. The van der Waals surface area contributed by atoms with Crippen molar-refractivity contribution in [1.29, 1.82) is 0 Å². The van der Waals surface area contributed by atoms with Crippen molar-refractivity contribution >= 4 is 33.9 Å². The summed E-state index contributed by atoms with van der Waals surface area (Å²) in [5, 5.41) is 7.94. The van der Waals surface area contributed by atoms with Gasteiger partial charge in [-0.25, -0.2) is 4.79 Å². The molecule has 1 fully saturated rings. The zero-order valence-corrected chi connectivity index (χ0v) is 18.0. The predicted octanol–water partition coefficient (Wildman–Crippen LogP) is 2.70. The minimum absolute atomic E-state index is 0.0396. The van der Waals surface area contributed by atoms with Gasteiger partial charge in [-0.3, -0.25) is 9.59 Å². The highest BCUT2D eigenvalue weighted by Crippen LogP contribution is 2.22. The largest absolute Gasteiger partial charge is 0.437 e. The molecule has 9 heteroatoms. The lowest BCUT2D eigenvalue weighted by atomic mass is 10.0. The van der Waals surface area contributed by atoms with Gasteiger partial charge in [0, 0.05) is 31.7 Å². The van der Waals surface area contributed by atoms with Gasteiger partial charge in [0.15, 0.2) is 0 Å². The fourth-order valence-electron chi connectivity index (χ4n) is 3.88. The Hall–Kier alpha value is -3.72. The monoisotopic (exact) mass is 448 g/mol. The number of aromatic nitrogens is 2. The van der Waals surface area contributed by atoms with E-state index < -0.39 is 5.76 Å². The van der Waals surface area contributed by atoms with Gasteiger partial charge in [0.05, 0.1) is 4.88 Å². The number of hydrogen-bond donors (Lipinski definition) is 0. The summed E-state index contributed by atoms with van der Waals surface area (Å²) in [6.45, 7) is 1.48. The third-order valence-corrected chi connectivity index (χ3v) is 6.42. The minimum Gasteiger partial charge on any atom is -0.387 e. The molecule has 2 aromatic heterocycles. The zero-order chi connectivity index (χ0) is 22.1. The summed E-state index contributed by atoms with van der Waals surface area (Å²) in [6, 6.07) is 17.1. The molecule has 1 aliphatic rings. The van der Waals surface area contributed by atoms with Crippen LogP contribution in [0, 0.1) is 0 Å². The number of amides is 2. The third kappa shape index (κ3) is 3.82. The Morgan fingerprint density at radius 2 is 1.69 bits per heavy atom. The highest BCUT2D eigenvalue weighted by molar-refractivity contribution is 7.13. The van der Waals surface area contributed by atoms with E-state index >= 15 is 0 Å². The smallest absolute Gasteiger partial charge is 0.387 e. The van der Waals surface area contributed by atoms with Gasteiger partial charge >= 0.3 is 5.76 Å². The standard InChI is InChI=1S/C23H20N4O4S/c28-20(15-27-23(30)31-21(24-27)19-9-4-14-32-19)25-10-12-26(13-11-25)22(29)18-8-3-6-16-5-1-2-7-17(16)18/h1-9,14H,10-13,15H2. The van der Waals surface area contributed by atoms with Crippen molar-refractivity contribution < 1.29 is 14.0 Å². The van der Waals surface area contributed by atoms with Crippen LogP contribution in [0.15, 0.2) is 69.2 Å². The van der Waals surface area contributed by atoms with Gasteiger partial charge in [-0.05, 0) is 28.3 Å². The van der Waals surface area contributed by atoms with Crippen LogP contribution in [0.2, 0.25) is 0 Å². The first kappa shape index (κ1) is 20.2. The van der Waals surface area contributed by atoms with Crippen LogP contribution < -0.4 is 5.76 Å². The van der Waals surface area contributed by atoms with Crippen molar-refractivity contribution in [3.63, 3.8) is 0 Å². The fraction of sp³-hybridized carbons (Fsp3) is 0.217. The molecular formula is C23H20N4O4S. The molecule has 0 aliphatic carbocycles. The van der Waals surface area contributed by atoms with Crippen molar-refractivity contribution in [2.45, 2.75) is 6.54 Å². The van der Waals surface area contributed by atoms with Gasteiger partial charge < -0.3 is 14.2 Å². The van der Waals surface area contributed by atoms with E-state index in [-0.39, 0.29) is 24.2 Å². The quantitative estimate of drug-likeness (QED) is 0.479. The maximum atomic E-state index is 13.1. The Kier molecular flexibility index (Phi) is 5.32. The van der Waals surface area contributed by atoms with E-state index in [0.29, 0.717) is 31.7 Å². The zero-order valence-electron chi connectivity index (χ0n) is 17.1. The first-order valence-corrected chi connectivity index (χ1v) is 11.1. The molecule has 2 aromatic carbocycles. The fourth-order valence-corrected chi connectivity index (χ4v) is 4.52. The molecule has 1 saturated heterocycles. The van der Waals surface area contributed by atoms with Gasteiger partial charge in [0.1, 0.15) is 6.54 Å². The number of benzene rings is 2. The lowest BCUT2D eigenvalue weighted by molar-refractivity contribution is -0.133. The van der Waals surface area contributed by atoms with Crippen molar-refractivity contribution in [2.75, 3.05) is 26.2 Å². The van der Waals surface area contributed by atoms with Gasteiger partial charge in [-0.15, -0.1) is 16.4 Å². The highest BCUT2D eigenvalue weighted by Gasteiger charge is 2.26. The lowest BCUT2D eigenvalue weighted by Crippen LogP contribution is -2.51. The van der Waals surface area contributed by atoms with Crippen molar-refractivity contribution in [3.05, 3.63) is 76.1 Å². The van der Waals surface area contributed by atoms with Gasteiger partial charge in [-0.1, -0.05) is 42.5 Å². The predicted molar refractivity (Wildman–Crippen MR) is 121 cm³/mol. The number of carbonyl (C=O) groups is 2. The second-order valence-corrected chi connectivity index (χ2v) is 8.46. The van der Waals surface area contributed by atoms with E-state index in [1.807, 2.05) is 53.9 Å². The van der Waals surface area contributed by atoms with Crippen LogP contribution in [-0.2, 0) is 11.3 Å². The number of nitrogens with zero attached hydrogens (tertiary/aromatic N) is 4. The second-order valence-electron chi connectivity index (χ2n) is 7.51. The Balaban J connectivity index is 1.23. The molecule has 1 aliphatic heterocycles. The van der Waals surface area contributed by atoms with E-state index in [1.54, 1.807) is 15.9 Å². The summed E-state index contributed by atoms with van der Waals surface area (Å²) in [5.41, 5.74) is 0.665. The second kappa shape index (κ2) is 8.43. The Bertz CT molecular complexity index is 1330. The molecule has 0 unspecified atom stereocenters. The van der Waals surface area contributed by atoms with Crippen LogP contribution >= 0.6 is 11.3 Å². The number of piperazine rings is 1. The molecule has 0 radical (unpaired) electrons. The van der Waals surface area contributed by atoms with E-state index in [0.717, 1.165) is 20.3 Å². The number of rotatable bonds is 4. The van der Waals surface area contributed by atoms with Gasteiger partial charge in [0.25, 0.3) is 11.8 Å². The van der Waals surface area contributed by atoms with Crippen LogP contribution in [0.4, 0.5) is 0 Å². The average molecular weight is 449 g/mol. The number of hydrogen-bond acceptors (Lipinski definition) is 6. The number of thiophene rings is 1. The van der Waals surface area contributed by atoms with Crippen LogP contribution in [0.25, 0.3) is 21.5 Å². The normalized spacial score (nSPS) is 14.1. The lowest BCUT2D eigenvalue weighted by Gasteiger charge is -2.35. The van der Waals surface area contributed by atoms with Crippen LogP contribution in [0.3, 0.4) is 0 Å². The molecule has 0 bridgehead atoms. The van der Waals surface area contributed by atoms with E-state index in [1.165, 1.54) is 11.3 Å². The summed E-state index contributed by atoms with van der Waals surface area (Å²) in [4.78, 5) is 42.0. The van der Waals surface area contributed by atoms with Crippen LogP contribution in [0.1, 0.15) is 10.4 Å². The molecule has 0 spiro atoms. The molecule has 8 nitrogen and oxygen atoms in total. The van der Waals surface area contributed by atoms with E-state index in [4.69, 9.17) is 4.42 Å². The Labute approximate surface area is 187 Å². The van der Waals surface area contributed by atoms with Crippen LogP contribution in [-0.4, -0.2) is 57.6 Å². The molecule has 4 aromatic rings. The SMILES string of the molecule is O=C(Cn1nc(-c2cccs2)oc1=O)N1CCN(C(=O)c2cccc3ccccc23)CC1. The molecule has 0 saturated carbocycles. The molecule has 162 valence electrons. The maximum Gasteiger partial charge on any atom is 0.437 e. The number of fused-ring (bicyclic) bond motifs is 1. The summed E-state index contributed by atoms with van der Waals surface area (Å²) in [5.74, 6) is -0.715. The van der Waals surface area contributed by atoms with Crippen molar-refractivity contribution in [3.8, 4) is 10.8 Å². The molecular weight excluding hydrogens is 428 g/mol. The molecule has 2 amide bonds. The minimum atomic E-state index is -0.661. The molecule has 3 heterocycles. The van der Waals surface area contributed by atoms with Gasteiger partial charge in [-0.2, -0.15) is 4.68 Å². The van der Waals surface area contributed by atoms with Gasteiger partial charge in [0.2, 0.25) is 5.91 Å². The van der Waals surface area contributed by atoms with Crippen molar-refractivity contribution in [1.82, 2.24) is 19.6 Å². The maximum absolute atomic E-state index is 13.1. The molecule has 0 N–H and O–H groups in total. The third-order valence-electron chi connectivity index (χ3n) is 5.56. The Morgan fingerprint density at radius 1 is 0.938 bits per heavy atom. The molecule has 5 rings (SSSR count). The van der Waals surface area contributed by atoms with Crippen LogP contribution in [0.5, 0.6) is 0 Å². The van der Waals surface area contributed by atoms with Crippen molar-refractivity contribution in [2.24, 2.45) is 0 Å². The summed E-state index contributed by atoms with van der Waals surface area (Å²) >= 11 is 1.41. The Morgan fingerprint density at radius 3 is 2.47 bits per heavy atom. The summed E-state index contributed by atoms with van der Waals surface area (Å²) < 4.78 is 6.21. The number of carbonyl (C=O) groups excluding carboxylic acids is 2. The molecule has 32 heavy (non-hydrogen) atoms. The first-order valence-electron chi connectivity index (χ1n) is 10.3. The van der Waals surface area contributed by atoms with E-state index in [9.17, 15) is 14.4 Å². The average Bonchev–Trinajstić information content (AvgIpc) is 3.48. The highest BCUT2D eigenvalue weighted by atomic mass is 32.1. The summed E-state index contributed by atoms with van der Waals surface area (Å²) in [6.07, 6.45) is 0. The van der Waals surface area contributed by atoms with E-state index in [2.05, 4.69) is 5.10 Å². The summed E-state index contributed by atoms with van der Waals surface area (Å²) in [7, 11) is 0.